The number of aliphatic hydroxyl groups excluding tert-OH is 1. The minimum absolute atomic E-state index is 0.109. The highest BCUT2D eigenvalue weighted by Crippen LogP contribution is 2.45. The lowest BCUT2D eigenvalue weighted by Crippen LogP contribution is -2.30. The number of hydrogen-bond donors (Lipinski definition) is 3. The lowest BCUT2D eigenvalue weighted by molar-refractivity contribution is -0.161. The summed E-state index contributed by atoms with van der Waals surface area (Å²) in [5, 5.41) is 10.6. The molecule has 3 unspecified atom stereocenters. The first-order valence-electron chi connectivity index (χ1n) is 43.2. The molecule has 0 fully saturated rings. The van der Waals surface area contributed by atoms with Crippen molar-refractivity contribution in [1.29, 1.82) is 0 Å². The molecule has 17 nitrogen and oxygen atoms in total. The van der Waals surface area contributed by atoms with E-state index in [2.05, 4.69) is 34.6 Å². The maximum Gasteiger partial charge on any atom is 0.472 e. The maximum atomic E-state index is 13.1. The minimum Gasteiger partial charge on any atom is -0.462 e. The standard InChI is InChI=1S/C83H162O17P2/c1-6-10-13-16-19-21-23-25-27-29-31-33-35-41-45-49-54-59-64-69-83(88)100-79(73-94-81(86)67-62-57-52-47-43-39-37-36-38-42-46-51-55-60-65-76(5)9-4)75-98-102(91,92)96-71-77(84)70-95-101(89,90)97-74-78(72-93-80(85)66-61-56-50-18-15-12-8-3)99-82(87)68-63-58-53-48-44-40-34-32-30-28-26-24-22-20-17-14-11-7-2/h76-79,84H,6-75H2,1-5H3,(H,89,90)(H,91,92)/t76?,77-,78+,79+/m0/s1. The number of phosphoric ester groups is 2. The number of esters is 4. The van der Waals surface area contributed by atoms with Crippen LogP contribution in [0.1, 0.15) is 446 Å². The Morgan fingerprint density at radius 1 is 0.275 bits per heavy atom. The van der Waals surface area contributed by atoms with Crippen molar-refractivity contribution in [3.05, 3.63) is 0 Å². The molecule has 0 aromatic carbocycles. The third-order valence-corrected chi connectivity index (χ3v) is 21.8. The quantitative estimate of drug-likeness (QED) is 0.0222. The Kier molecular flexibility index (Phi) is 74.4. The summed E-state index contributed by atoms with van der Waals surface area (Å²) in [5.41, 5.74) is 0. The van der Waals surface area contributed by atoms with Crippen molar-refractivity contribution in [3.8, 4) is 0 Å². The third kappa shape index (κ3) is 74.9. The highest BCUT2D eigenvalue weighted by atomic mass is 31.2. The zero-order valence-electron chi connectivity index (χ0n) is 66.8. The highest BCUT2D eigenvalue weighted by molar-refractivity contribution is 7.47. The Morgan fingerprint density at radius 2 is 0.471 bits per heavy atom. The van der Waals surface area contributed by atoms with Gasteiger partial charge >= 0.3 is 39.5 Å². The Balaban J connectivity index is 5.17. The number of carbonyl (C=O) groups excluding carboxylic acids is 4. The lowest BCUT2D eigenvalue weighted by atomic mass is 9.99. The molecule has 0 aliphatic rings. The van der Waals surface area contributed by atoms with Gasteiger partial charge < -0.3 is 33.8 Å². The van der Waals surface area contributed by atoms with Gasteiger partial charge in [-0.05, 0) is 31.6 Å². The first kappa shape index (κ1) is 100. The van der Waals surface area contributed by atoms with E-state index < -0.39 is 97.5 Å². The fourth-order valence-corrected chi connectivity index (χ4v) is 14.5. The highest BCUT2D eigenvalue weighted by Gasteiger charge is 2.30. The monoisotopic (exact) mass is 1490 g/mol. The Bertz CT molecular complexity index is 1950. The van der Waals surface area contributed by atoms with Crippen molar-refractivity contribution < 1.29 is 80.2 Å². The smallest absolute Gasteiger partial charge is 0.462 e. The molecule has 606 valence electrons. The van der Waals surface area contributed by atoms with E-state index in [1.54, 1.807) is 0 Å². The molecule has 3 N–H and O–H groups in total. The summed E-state index contributed by atoms with van der Waals surface area (Å²) in [4.78, 5) is 73.0. The molecule has 0 rings (SSSR count). The SMILES string of the molecule is CCCCCCCCCCCCCCCCCCCCCC(=O)O[C@H](COC(=O)CCCCCCCCCCCCCCCCC(C)CC)COP(=O)(O)OC[C@@H](O)COP(=O)(O)OC[C@@H](COC(=O)CCCCCCCCC)OC(=O)CCCCCCCCCCCCCCCCCCCC. The summed E-state index contributed by atoms with van der Waals surface area (Å²) in [5.74, 6) is -1.26. The van der Waals surface area contributed by atoms with Gasteiger partial charge in [-0.15, -0.1) is 0 Å². The molecule has 0 saturated carbocycles. The average Bonchev–Trinajstić information content (AvgIpc) is 0.931. The van der Waals surface area contributed by atoms with E-state index in [4.69, 9.17) is 37.0 Å². The molecule has 0 aromatic heterocycles. The molecule has 0 saturated heterocycles. The number of ether oxygens (including phenoxy) is 4. The minimum atomic E-state index is -4.96. The topological polar surface area (TPSA) is 237 Å². The van der Waals surface area contributed by atoms with Crippen LogP contribution in [-0.2, 0) is 65.4 Å². The lowest BCUT2D eigenvalue weighted by Gasteiger charge is -2.21. The van der Waals surface area contributed by atoms with Crippen LogP contribution < -0.4 is 0 Å². The Morgan fingerprint density at radius 3 is 0.696 bits per heavy atom. The van der Waals surface area contributed by atoms with E-state index in [0.29, 0.717) is 25.7 Å². The summed E-state index contributed by atoms with van der Waals surface area (Å²) >= 11 is 0. The van der Waals surface area contributed by atoms with Gasteiger partial charge in [-0.2, -0.15) is 0 Å². The van der Waals surface area contributed by atoms with Crippen LogP contribution in [0.3, 0.4) is 0 Å². The summed E-state index contributed by atoms with van der Waals surface area (Å²) in [6.07, 6.45) is 68.1. The molecule has 19 heteroatoms. The molecule has 6 atom stereocenters. The van der Waals surface area contributed by atoms with Crippen LogP contribution in [0.15, 0.2) is 0 Å². The second kappa shape index (κ2) is 75.9. The van der Waals surface area contributed by atoms with Crippen LogP contribution in [0.4, 0.5) is 0 Å². The fourth-order valence-electron chi connectivity index (χ4n) is 12.9. The summed E-state index contributed by atoms with van der Waals surface area (Å²) in [7, 11) is -9.92. The van der Waals surface area contributed by atoms with Crippen molar-refractivity contribution in [2.75, 3.05) is 39.6 Å². The van der Waals surface area contributed by atoms with Crippen LogP contribution in [0, 0.1) is 5.92 Å². The molecular weight excluding hydrogens is 1330 g/mol. The number of aliphatic hydroxyl groups is 1. The molecule has 0 bridgehead atoms. The van der Waals surface area contributed by atoms with Crippen LogP contribution >= 0.6 is 15.6 Å². The maximum absolute atomic E-state index is 13.1. The van der Waals surface area contributed by atoms with Crippen molar-refractivity contribution in [2.24, 2.45) is 5.92 Å². The van der Waals surface area contributed by atoms with Gasteiger partial charge in [0.2, 0.25) is 0 Å². The fraction of sp³-hybridized carbons (Fsp3) is 0.952. The molecule has 0 aliphatic heterocycles. The largest absolute Gasteiger partial charge is 0.472 e. The van der Waals surface area contributed by atoms with E-state index >= 15 is 0 Å². The van der Waals surface area contributed by atoms with Gasteiger partial charge in [0.15, 0.2) is 12.2 Å². The number of rotatable bonds is 83. The van der Waals surface area contributed by atoms with Crippen molar-refractivity contribution in [2.45, 2.75) is 464 Å². The van der Waals surface area contributed by atoms with Gasteiger partial charge in [0.1, 0.15) is 19.3 Å². The summed E-state index contributed by atoms with van der Waals surface area (Å²) in [6, 6.07) is 0. The third-order valence-electron chi connectivity index (χ3n) is 19.9. The molecule has 0 heterocycles. The van der Waals surface area contributed by atoms with E-state index in [-0.39, 0.29) is 25.7 Å². The molecule has 0 radical (unpaired) electrons. The van der Waals surface area contributed by atoms with E-state index in [1.807, 2.05) is 0 Å². The van der Waals surface area contributed by atoms with E-state index in [1.165, 1.54) is 257 Å². The predicted molar refractivity (Wildman–Crippen MR) is 418 cm³/mol. The van der Waals surface area contributed by atoms with Crippen LogP contribution in [-0.4, -0.2) is 96.7 Å². The van der Waals surface area contributed by atoms with Gasteiger partial charge in [0.05, 0.1) is 26.4 Å². The predicted octanol–water partition coefficient (Wildman–Crippen LogP) is 25.2. The molecule has 0 aromatic rings. The van der Waals surface area contributed by atoms with Crippen LogP contribution in [0.5, 0.6) is 0 Å². The first-order chi connectivity index (χ1) is 49.6. The zero-order chi connectivity index (χ0) is 74.8. The van der Waals surface area contributed by atoms with E-state index in [0.717, 1.165) is 109 Å². The second-order valence-corrected chi connectivity index (χ2v) is 33.0. The molecular formula is C83H162O17P2. The van der Waals surface area contributed by atoms with Crippen LogP contribution in [0.2, 0.25) is 0 Å². The Labute approximate surface area is 626 Å². The second-order valence-electron chi connectivity index (χ2n) is 30.1. The molecule has 102 heavy (non-hydrogen) atoms. The van der Waals surface area contributed by atoms with E-state index in [9.17, 15) is 43.2 Å². The van der Waals surface area contributed by atoms with Crippen molar-refractivity contribution in [3.63, 3.8) is 0 Å². The molecule has 0 aliphatic carbocycles. The molecule has 0 spiro atoms. The number of carbonyl (C=O) groups is 4. The van der Waals surface area contributed by atoms with Crippen LogP contribution in [0.25, 0.3) is 0 Å². The number of hydrogen-bond acceptors (Lipinski definition) is 15. The van der Waals surface area contributed by atoms with Gasteiger partial charge in [0.25, 0.3) is 0 Å². The zero-order valence-corrected chi connectivity index (χ0v) is 68.5. The number of unbranched alkanes of at least 4 members (excludes halogenated alkanes) is 54. The Hall–Kier alpha value is -1.94. The average molecular weight is 1490 g/mol. The van der Waals surface area contributed by atoms with Crippen molar-refractivity contribution in [1.82, 2.24) is 0 Å². The normalized spacial score (nSPS) is 14.1. The van der Waals surface area contributed by atoms with Gasteiger partial charge in [-0.3, -0.25) is 37.3 Å². The van der Waals surface area contributed by atoms with Gasteiger partial charge in [0, 0.05) is 25.7 Å². The summed E-state index contributed by atoms with van der Waals surface area (Å²) < 4.78 is 68.7. The number of phosphoric acid groups is 2. The van der Waals surface area contributed by atoms with Gasteiger partial charge in [-0.1, -0.05) is 394 Å². The van der Waals surface area contributed by atoms with Gasteiger partial charge in [-0.25, -0.2) is 9.13 Å². The first-order valence-corrected chi connectivity index (χ1v) is 46.2. The summed E-state index contributed by atoms with van der Waals surface area (Å²) in [6.45, 7) is 7.36. The molecule has 0 amide bonds. The van der Waals surface area contributed by atoms with Crippen molar-refractivity contribution >= 4 is 39.5 Å².